The molecular weight excluding hydrogens is 365 g/mol. The standard InChI is InChI=1S/C17H25F3N4O3/c1-2-26-13(25)16(17(18,19)20)21-14(23-9-5-3-6-10-23)27-15(22-16)24-11-7-4-8-12-24/h2-12H2,1H3. The van der Waals surface area contributed by atoms with Crippen LogP contribution in [0.5, 0.6) is 0 Å². The predicted octanol–water partition coefficient (Wildman–Crippen LogP) is 2.52. The van der Waals surface area contributed by atoms with Gasteiger partial charge in [0.25, 0.3) is 12.0 Å². The predicted molar refractivity (Wildman–Crippen MR) is 92.2 cm³/mol. The Hall–Kier alpha value is -2.00. The van der Waals surface area contributed by atoms with Crippen LogP contribution in [0.3, 0.4) is 0 Å². The number of hydrogen-bond acceptors (Lipinski definition) is 7. The van der Waals surface area contributed by atoms with Gasteiger partial charge in [0.1, 0.15) is 0 Å². The number of rotatable bonds is 2. The lowest BCUT2D eigenvalue weighted by molar-refractivity contribution is -0.204. The normalized spacial score (nSPS) is 23.3. The molecular formula is C17H25F3N4O3. The van der Waals surface area contributed by atoms with Crippen molar-refractivity contribution in [3.63, 3.8) is 0 Å². The highest BCUT2D eigenvalue weighted by molar-refractivity contribution is 5.97. The Morgan fingerprint density at radius 1 is 1.00 bits per heavy atom. The molecule has 3 aliphatic heterocycles. The van der Waals surface area contributed by atoms with E-state index in [1.807, 2.05) is 0 Å². The van der Waals surface area contributed by atoms with E-state index in [2.05, 4.69) is 9.98 Å². The molecule has 27 heavy (non-hydrogen) atoms. The summed E-state index contributed by atoms with van der Waals surface area (Å²) in [5.41, 5.74) is -3.32. The molecule has 0 saturated carbocycles. The fraction of sp³-hybridized carbons (Fsp3) is 0.824. The third kappa shape index (κ3) is 3.98. The zero-order chi connectivity index (χ0) is 19.5. The van der Waals surface area contributed by atoms with Gasteiger partial charge in [0, 0.05) is 26.2 Å². The van der Waals surface area contributed by atoms with Gasteiger partial charge in [-0.15, -0.1) is 0 Å². The van der Waals surface area contributed by atoms with Crippen molar-refractivity contribution in [1.29, 1.82) is 0 Å². The summed E-state index contributed by atoms with van der Waals surface area (Å²) >= 11 is 0. The molecule has 0 aliphatic carbocycles. The van der Waals surface area contributed by atoms with Crippen LogP contribution in [0, 0.1) is 0 Å². The lowest BCUT2D eigenvalue weighted by Crippen LogP contribution is -2.57. The smallest absolute Gasteiger partial charge is 0.446 e. The second-order valence-electron chi connectivity index (χ2n) is 6.88. The highest BCUT2D eigenvalue weighted by atomic mass is 19.4. The molecule has 0 aromatic rings. The maximum absolute atomic E-state index is 14.0. The second-order valence-corrected chi connectivity index (χ2v) is 6.88. The average Bonchev–Trinajstić information content (AvgIpc) is 2.68. The molecule has 0 radical (unpaired) electrons. The first-order valence-corrected chi connectivity index (χ1v) is 9.49. The van der Waals surface area contributed by atoms with E-state index in [-0.39, 0.29) is 18.7 Å². The lowest BCUT2D eigenvalue weighted by atomic mass is 10.1. The van der Waals surface area contributed by atoms with Crippen LogP contribution < -0.4 is 0 Å². The highest BCUT2D eigenvalue weighted by Gasteiger charge is 2.65. The second kappa shape index (κ2) is 7.93. The third-order valence-electron chi connectivity index (χ3n) is 4.91. The quantitative estimate of drug-likeness (QED) is 0.678. The molecule has 2 fully saturated rings. The first-order valence-electron chi connectivity index (χ1n) is 9.49. The number of alkyl halides is 3. The van der Waals surface area contributed by atoms with Crippen LogP contribution in [-0.4, -0.2) is 72.4 Å². The van der Waals surface area contributed by atoms with E-state index in [4.69, 9.17) is 9.47 Å². The topological polar surface area (TPSA) is 66.7 Å². The van der Waals surface area contributed by atoms with E-state index in [0.29, 0.717) is 26.2 Å². The van der Waals surface area contributed by atoms with Crippen LogP contribution in [-0.2, 0) is 14.3 Å². The Balaban J connectivity index is 2.03. The molecule has 0 aromatic heterocycles. The number of nitrogens with zero attached hydrogens (tertiary/aromatic N) is 4. The van der Waals surface area contributed by atoms with Crippen molar-refractivity contribution in [3.05, 3.63) is 0 Å². The van der Waals surface area contributed by atoms with E-state index in [1.165, 1.54) is 6.92 Å². The van der Waals surface area contributed by atoms with Gasteiger partial charge in [0.05, 0.1) is 6.61 Å². The lowest BCUT2D eigenvalue weighted by Gasteiger charge is -2.38. The van der Waals surface area contributed by atoms with E-state index in [1.54, 1.807) is 9.80 Å². The van der Waals surface area contributed by atoms with E-state index in [0.717, 1.165) is 38.5 Å². The molecule has 3 aliphatic rings. The van der Waals surface area contributed by atoms with Crippen molar-refractivity contribution < 1.29 is 27.4 Å². The Kier molecular flexibility index (Phi) is 5.81. The molecule has 7 nitrogen and oxygen atoms in total. The molecule has 152 valence electrons. The summed E-state index contributed by atoms with van der Waals surface area (Å²) in [5.74, 6) is -1.52. The number of amidine groups is 2. The van der Waals surface area contributed by atoms with Crippen LogP contribution in [0.25, 0.3) is 0 Å². The summed E-state index contributed by atoms with van der Waals surface area (Å²) < 4.78 is 52.5. The number of ether oxygens (including phenoxy) is 2. The summed E-state index contributed by atoms with van der Waals surface area (Å²) in [6.07, 6.45) is 0.283. The number of carbonyl (C=O) groups is 1. The van der Waals surface area contributed by atoms with Crippen LogP contribution in [0.2, 0.25) is 0 Å². The molecule has 0 amide bonds. The van der Waals surface area contributed by atoms with E-state index < -0.39 is 17.8 Å². The van der Waals surface area contributed by atoms with Gasteiger partial charge < -0.3 is 19.3 Å². The van der Waals surface area contributed by atoms with Crippen molar-refractivity contribution in [1.82, 2.24) is 9.80 Å². The molecule has 0 bridgehead atoms. The highest BCUT2D eigenvalue weighted by Crippen LogP contribution is 2.39. The molecule has 0 aromatic carbocycles. The van der Waals surface area contributed by atoms with E-state index in [9.17, 15) is 18.0 Å². The average molecular weight is 390 g/mol. The van der Waals surface area contributed by atoms with Crippen LogP contribution >= 0.6 is 0 Å². The van der Waals surface area contributed by atoms with Crippen LogP contribution in [0.15, 0.2) is 9.98 Å². The van der Waals surface area contributed by atoms with Gasteiger partial charge in [-0.3, -0.25) is 0 Å². The number of aliphatic imine (C=N–C) groups is 2. The monoisotopic (exact) mass is 390 g/mol. The molecule has 0 unspecified atom stereocenters. The van der Waals surface area contributed by atoms with Crippen molar-refractivity contribution >= 4 is 18.0 Å². The fourth-order valence-electron chi connectivity index (χ4n) is 3.44. The van der Waals surface area contributed by atoms with Gasteiger partial charge in [-0.1, -0.05) is 0 Å². The van der Waals surface area contributed by atoms with Gasteiger partial charge in [-0.25, -0.2) is 4.79 Å². The third-order valence-corrected chi connectivity index (χ3v) is 4.91. The van der Waals surface area contributed by atoms with Crippen molar-refractivity contribution in [2.24, 2.45) is 9.98 Å². The molecule has 3 heterocycles. The summed E-state index contributed by atoms with van der Waals surface area (Å²) in [5, 5.41) is 0. The molecule has 0 atom stereocenters. The SMILES string of the molecule is CCOC(=O)C1(C(F)(F)F)N=C(N2CCCCC2)OC(N2CCCCC2)=N1. The van der Waals surface area contributed by atoms with E-state index >= 15 is 0 Å². The summed E-state index contributed by atoms with van der Waals surface area (Å²) in [7, 11) is 0. The number of carbonyl (C=O) groups excluding carboxylic acids is 1. The Morgan fingerprint density at radius 3 is 1.81 bits per heavy atom. The van der Waals surface area contributed by atoms with Gasteiger partial charge in [0.15, 0.2) is 0 Å². The van der Waals surface area contributed by atoms with Crippen molar-refractivity contribution in [2.45, 2.75) is 57.3 Å². The number of esters is 1. The molecule has 0 N–H and O–H groups in total. The minimum atomic E-state index is -5.04. The fourth-order valence-corrected chi connectivity index (χ4v) is 3.44. The summed E-state index contributed by atoms with van der Waals surface area (Å²) in [6.45, 7) is 3.38. The number of likely N-dealkylation sites (tertiary alicyclic amines) is 2. The zero-order valence-electron chi connectivity index (χ0n) is 15.4. The Bertz CT molecular complexity index is 575. The Morgan fingerprint density at radius 2 is 1.44 bits per heavy atom. The summed E-state index contributed by atoms with van der Waals surface area (Å²) in [6, 6.07) is -0.397. The van der Waals surface area contributed by atoms with Gasteiger partial charge in [-0.2, -0.15) is 23.2 Å². The molecule has 3 rings (SSSR count). The number of piperidine rings is 2. The molecule has 2 saturated heterocycles. The first kappa shape index (κ1) is 19.8. The maximum Gasteiger partial charge on any atom is 0.446 e. The largest absolute Gasteiger partial charge is 0.462 e. The Labute approximate surface area is 156 Å². The van der Waals surface area contributed by atoms with Crippen LogP contribution in [0.4, 0.5) is 13.2 Å². The van der Waals surface area contributed by atoms with Gasteiger partial charge in [-0.05, 0) is 45.4 Å². The molecule has 0 spiro atoms. The zero-order valence-corrected chi connectivity index (χ0v) is 15.4. The van der Waals surface area contributed by atoms with Gasteiger partial charge in [0.2, 0.25) is 0 Å². The molecule has 10 heteroatoms. The number of hydrogen-bond donors (Lipinski definition) is 0. The number of halogens is 3. The van der Waals surface area contributed by atoms with Crippen molar-refractivity contribution in [3.8, 4) is 0 Å². The van der Waals surface area contributed by atoms with Crippen LogP contribution in [0.1, 0.15) is 45.4 Å². The minimum Gasteiger partial charge on any atom is -0.462 e. The minimum absolute atomic E-state index is 0.194. The summed E-state index contributed by atoms with van der Waals surface area (Å²) in [4.78, 5) is 23.0. The first-order chi connectivity index (χ1) is 12.9. The van der Waals surface area contributed by atoms with Gasteiger partial charge >= 0.3 is 17.8 Å². The maximum atomic E-state index is 14.0. The van der Waals surface area contributed by atoms with Crippen molar-refractivity contribution in [2.75, 3.05) is 32.8 Å².